The zero-order valence-corrected chi connectivity index (χ0v) is 11.0. The summed E-state index contributed by atoms with van der Waals surface area (Å²) < 4.78 is 0. The van der Waals surface area contributed by atoms with Crippen LogP contribution >= 0.6 is 0 Å². The van der Waals surface area contributed by atoms with Crippen LogP contribution in [-0.2, 0) is 17.8 Å². The second kappa shape index (κ2) is 7.02. The smallest absolute Gasteiger partial charge is 0.360 e. The molecule has 1 N–H and O–H groups in total. The van der Waals surface area contributed by atoms with Crippen LogP contribution in [0.1, 0.15) is 11.1 Å². The van der Waals surface area contributed by atoms with Crippen LogP contribution in [0.3, 0.4) is 0 Å². The van der Waals surface area contributed by atoms with Crippen molar-refractivity contribution in [2.24, 2.45) is 0 Å². The predicted octanol–water partition coefficient (Wildman–Crippen LogP) is 2.22. The van der Waals surface area contributed by atoms with Crippen LogP contribution in [0.4, 0.5) is 0 Å². The summed E-state index contributed by atoms with van der Waals surface area (Å²) in [6.07, 6.45) is 0.304. The number of carbonyl (C=O) groups excluding carboxylic acids is 1. The van der Waals surface area contributed by atoms with Crippen LogP contribution in [0.15, 0.2) is 60.7 Å². The third kappa shape index (κ3) is 3.90. The molecule has 20 heavy (non-hydrogen) atoms. The summed E-state index contributed by atoms with van der Waals surface area (Å²) in [5.74, 6) is -0.361. The van der Waals surface area contributed by atoms with E-state index >= 15 is 0 Å². The Morgan fingerprint density at radius 2 is 1.50 bits per heavy atom. The maximum absolute atomic E-state index is 12.0. The Kier molecular flexibility index (Phi) is 4.81. The first-order valence-electron chi connectivity index (χ1n) is 6.36. The molecule has 0 aromatic heterocycles. The molecular formula is C16H15N3O. The minimum atomic E-state index is -0.361. The van der Waals surface area contributed by atoms with Crippen LogP contribution < -0.4 is 5.32 Å². The number of amides is 1. The summed E-state index contributed by atoms with van der Waals surface area (Å²) in [5.41, 5.74) is 11.0. The van der Waals surface area contributed by atoms with E-state index in [2.05, 4.69) is 10.1 Å². The number of rotatable bonds is 5. The van der Waals surface area contributed by atoms with Gasteiger partial charge < -0.3 is 10.8 Å². The largest absolute Gasteiger partial charge is 0.361 e. The van der Waals surface area contributed by atoms with Gasteiger partial charge in [0.25, 0.3) is 0 Å². The molecule has 4 nitrogen and oxygen atoms in total. The molecule has 1 amide bonds. The summed E-state index contributed by atoms with van der Waals surface area (Å²) in [7, 11) is 0. The van der Waals surface area contributed by atoms with Crippen LogP contribution in [-0.4, -0.2) is 16.4 Å². The Morgan fingerprint density at radius 1 is 0.950 bits per heavy atom. The Balaban J connectivity index is 1.95. The Hall–Kier alpha value is -2.71. The lowest BCUT2D eigenvalue weighted by Crippen LogP contribution is -2.32. The monoisotopic (exact) mass is 265 g/mol. The van der Waals surface area contributed by atoms with Gasteiger partial charge in [0, 0.05) is 6.54 Å². The zero-order valence-electron chi connectivity index (χ0n) is 11.0. The summed E-state index contributed by atoms with van der Waals surface area (Å²) in [4.78, 5) is 15.1. The fraction of sp³-hybridized carbons (Fsp3) is 0.125. The molecule has 0 aliphatic heterocycles. The first-order chi connectivity index (χ1) is 9.79. The Bertz CT molecular complexity index is 617. The van der Waals surface area contributed by atoms with Gasteiger partial charge in [0.15, 0.2) is 0 Å². The Labute approximate surface area is 117 Å². The van der Waals surface area contributed by atoms with E-state index in [1.165, 1.54) is 0 Å². The van der Waals surface area contributed by atoms with Gasteiger partial charge in [-0.2, -0.15) is 4.79 Å². The molecule has 0 fully saturated rings. The number of nitrogens with zero attached hydrogens (tertiary/aromatic N) is 2. The van der Waals surface area contributed by atoms with Crippen molar-refractivity contribution in [2.45, 2.75) is 13.0 Å². The van der Waals surface area contributed by atoms with Crippen molar-refractivity contribution >= 4 is 11.6 Å². The molecule has 0 spiro atoms. The van der Waals surface area contributed by atoms with Gasteiger partial charge in [-0.05, 0) is 11.1 Å². The van der Waals surface area contributed by atoms with E-state index in [0.717, 1.165) is 11.1 Å². The molecule has 0 bridgehead atoms. The fourth-order valence-electron chi connectivity index (χ4n) is 1.83. The number of benzene rings is 2. The van der Waals surface area contributed by atoms with Crippen molar-refractivity contribution in [2.75, 3.05) is 0 Å². The van der Waals surface area contributed by atoms with Gasteiger partial charge >= 0.3 is 11.6 Å². The van der Waals surface area contributed by atoms with E-state index in [1.807, 2.05) is 60.7 Å². The van der Waals surface area contributed by atoms with E-state index < -0.39 is 0 Å². The van der Waals surface area contributed by atoms with Crippen molar-refractivity contribution in [3.8, 4) is 0 Å². The number of carbonyl (C=O) groups is 1. The van der Waals surface area contributed by atoms with Crippen LogP contribution in [0.5, 0.6) is 0 Å². The molecule has 0 heterocycles. The normalized spacial score (nSPS) is 9.60. The van der Waals surface area contributed by atoms with Crippen LogP contribution in [0.25, 0.3) is 5.53 Å². The van der Waals surface area contributed by atoms with Gasteiger partial charge in [-0.3, -0.25) is 4.79 Å². The number of nitrogens with one attached hydrogen (secondary N) is 1. The fourth-order valence-corrected chi connectivity index (χ4v) is 1.83. The standard InChI is InChI=1S/C16H15N3O/c17-19-15(11-13-7-3-1-4-8-13)16(20)18-12-14-9-5-2-6-10-14/h1-10H,11-12H2,(H,18,20). The third-order valence-corrected chi connectivity index (χ3v) is 2.89. The van der Waals surface area contributed by atoms with Crippen LogP contribution in [0, 0.1) is 0 Å². The molecule has 2 aromatic carbocycles. The number of hydrogen-bond donors (Lipinski definition) is 1. The highest BCUT2D eigenvalue weighted by Gasteiger charge is 2.19. The van der Waals surface area contributed by atoms with E-state index in [9.17, 15) is 4.79 Å². The second-order valence-electron chi connectivity index (χ2n) is 4.38. The minimum absolute atomic E-state index is 0.104. The average molecular weight is 265 g/mol. The molecule has 0 saturated heterocycles. The topological polar surface area (TPSA) is 65.5 Å². The van der Waals surface area contributed by atoms with E-state index in [4.69, 9.17) is 5.53 Å². The zero-order chi connectivity index (χ0) is 14.2. The molecule has 0 aliphatic carbocycles. The predicted molar refractivity (Wildman–Crippen MR) is 77.1 cm³/mol. The molecule has 0 unspecified atom stereocenters. The van der Waals surface area contributed by atoms with E-state index in [1.54, 1.807) is 0 Å². The second-order valence-corrected chi connectivity index (χ2v) is 4.38. The molecule has 100 valence electrons. The molecular weight excluding hydrogens is 250 g/mol. The highest BCUT2D eigenvalue weighted by atomic mass is 16.1. The average Bonchev–Trinajstić information content (AvgIpc) is 2.52. The molecule has 0 radical (unpaired) electrons. The molecule has 0 atom stereocenters. The summed E-state index contributed by atoms with van der Waals surface area (Å²) in [5, 5.41) is 2.74. The molecule has 0 saturated carbocycles. The lowest BCUT2D eigenvalue weighted by molar-refractivity contribution is -0.119. The first kappa shape index (κ1) is 13.7. The minimum Gasteiger partial charge on any atom is -0.361 e. The number of hydrogen-bond acceptors (Lipinski definition) is 1. The van der Waals surface area contributed by atoms with Crippen molar-refractivity contribution in [1.29, 1.82) is 0 Å². The summed E-state index contributed by atoms with van der Waals surface area (Å²) >= 11 is 0. The summed E-state index contributed by atoms with van der Waals surface area (Å²) in [6.45, 7) is 0.410. The first-order valence-corrected chi connectivity index (χ1v) is 6.36. The maximum atomic E-state index is 12.0. The van der Waals surface area contributed by atoms with Gasteiger partial charge in [-0.1, -0.05) is 60.7 Å². The third-order valence-electron chi connectivity index (χ3n) is 2.89. The van der Waals surface area contributed by atoms with E-state index in [0.29, 0.717) is 13.0 Å². The highest BCUT2D eigenvalue weighted by molar-refractivity contribution is 6.36. The lowest BCUT2D eigenvalue weighted by atomic mass is 10.1. The SMILES string of the molecule is [N-]=[N+]=C(Cc1ccccc1)C(=O)NCc1ccccc1. The van der Waals surface area contributed by atoms with Crippen LogP contribution in [0.2, 0.25) is 0 Å². The van der Waals surface area contributed by atoms with E-state index in [-0.39, 0.29) is 11.6 Å². The summed E-state index contributed by atoms with van der Waals surface area (Å²) in [6, 6.07) is 19.0. The molecule has 2 aromatic rings. The van der Waals surface area contributed by atoms with Gasteiger partial charge in [0.05, 0.1) is 6.42 Å². The van der Waals surface area contributed by atoms with Crippen molar-refractivity contribution < 1.29 is 9.58 Å². The Morgan fingerprint density at radius 3 is 2.05 bits per heavy atom. The van der Waals surface area contributed by atoms with Gasteiger partial charge in [-0.15, -0.1) is 0 Å². The maximum Gasteiger partial charge on any atom is 0.360 e. The van der Waals surface area contributed by atoms with Gasteiger partial charge in [0.1, 0.15) is 0 Å². The van der Waals surface area contributed by atoms with Crippen molar-refractivity contribution in [3.63, 3.8) is 0 Å². The molecule has 2 rings (SSSR count). The quantitative estimate of drug-likeness (QED) is 0.503. The van der Waals surface area contributed by atoms with Crippen molar-refractivity contribution in [3.05, 3.63) is 77.3 Å². The lowest BCUT2D eigenvalue weighted by Gasteiger charge is -2.02. The molecule has 0 aliphatic rings. The highest BCUT2D eigenvalue weighted by Crippen LogP contribution is 2.01. The van der Waals surface area contributed by atoms with Crippen molar-refractivity contribution in [1.82, 2.24) is 5.32 Å². The van der Waals surface area contributed by atoms with Gasteiger partial charge in [0.2, 0.25) is 0 Å². The molecule has 4 heteroatoms. The van der Waals surface area contributed by atoms with Gasteiger partial charge in [-0.25, -0.2) is 0 Å².